The minimum Gasteiger partial charge on any atom is -0.387 e. The number of hydrogen-bond donors (Lipinski definition) is 2. The Morgan fingerprint density at radius 3 is 2.68 bits per heavy atom. The molecule has 34 heavy (non-hydrogen) atoms. The number of aliphatic hydroxyl groups excluding tert-OH is 1. The van der Waals surface area contributed by atoms with Crippen LogP contribution in [0.2, 0.25) is 0 Å². The number of nitrogens with two attached hydrogens (primary N) is 1. The normalized spacial score (nSPS) is 21.1. The molecule has 0 radical (unpaired) electrons. The van der Waals surface area contributed by atoms with Crippen molar-refractivity contribution < 1.29 is 14.3 Å². The number of aliphatic hydroxyl groups is 1. The lowest BCUT2D eigenvalue weighted by Gasteiger charge is -2.25. The van der Waals surface area contributed by atoms with Crippen LogP contribution in [-0.2, 0) is 16.9 Å². The molecule has 1 aliphatic carbocycles. The first-order chi connectivity index (χ1) is 16.3. The van der Waals surface area contributed by atoms with Crippen LogP contribution in [0.4, 0.5) is 4.39 Å². The van der Waals surface area contributed by atoms with E-state index < -0.39 is 17.6 Å². The van der Waals surface area contributed by atoms with Crippen LogP contribution in [0, 0.1) is 11.9 Å². The lowest BCUT2D eigenvalue weighted by atomic mass is 9.83. The zero-order valence-electron chi connectivity index (χ0n) is 19.3. The molecule has 1 aliphatic heterocycles. The molecule has 3 N–H and O–H groups in total. The summed E-state index contributed by atoms with van der Waals surface area (Å²) in [5, 5.41) is 10.7. The number of aromatic nitrogens is 2. The first-order valence-electron chi connectivity index (χ1n) is 11.6. The quantitative estimate of drug-likeness (QED) is 0.526. The van der Waals surface area contributed by atoms with E-state index in [1.165, 1.54) is 11.1 Å². The molecule has 1 aromatic carbocycles. The molecule has 2 unspecified atom stereocenters. The summed E-state index contributed by atoms with van der Waals surface area (Å²) >= 11 is 0. The molecule has 0 bridgehead atoms. The number of benzene rings is 1. The minimum atomic E-state index is -1.43. The summed E-state index contributed by atoms with van der Waals surface area (Å²) in [4.78, 5) is 23.5. The van der Waals surface area contributed by atoms with E-state index in [9.17, 15) is 14.3 Å². The SMILES string of the molecule is CCC(O)c1cc(C2(c3cccc(-c4cccnc4F)c3)N=C(N)N(C)C2=O)cn1CC1CC1. The third-order valence-corrected chi connectivity index (χ3v) is 6.82. The number of likely N-dealkylation sites (N-methyl/N-ethyl adjacent to an activating group) is 1. The molecule has 3 aromatic rings. The van der Waals surface area contributed by atoms with Crippen molar-refractivity contribution in [2.45, 2.75) is 44.4 Å². The van der Waals surface area contributed by atoms with Gasteiger partial charge in [-0.2, -0.15) is 4.39 Å². The van der Waals surface area contributed by atoms with Gasteiger partial charge in [-0.15, -0.1) is 0 Å². The van der Waals surface area contributed by atoms with Crippen LogP contribution >= 0.6 is 0 Å². The number of amides is 1. The van der Waals surface area contributed by atoms with Crippen molar-refractivity contribution in [3.8, 4) is 11.1 Å². The van der Waals surface area contributed by atoms with Crippen molar-refractivity contribution in [2.24, 2.45) is 16.6 Å². The standard InChI is InChI=1S/C26H28FN5O2/c1-3-22(33)21-13-19(15-32(21)14-16-9-10-16)26(24(34)31(2)25(28)30-26)18-7-4-6-17(12-18)20-8-5-11-29-23(20)27/h4-8,11-13,15-16,22,33H,3,9-10,14H2,1-2H3,(H2,28,30). The molecule has 0 saturated heterocycles. The predicted molar refractivity (Wildman–Crippen MR) is 127 cm³/mol. The number of aliphatic imine (C=N–C) groups is 1. The second-order valence-corrected chi connectivity index (χ2v) is 9.14. The Balaban J connectivity index is 1.70. The zero-order chi connectivity index (χ0) is 24.0. The Morgan fingerprint density at radius 1 is 1.24 bits per heavy atom. The second kappa shape index (κ2) is 8.36. The topological polar surface area (TPSA) is 96.7 Å². The van der Waals surface area contributed by atoms with Gasteiger partial charge in [0, 0.05) is 42.8 Å². The number of pyridine rings is 1. The van der Waals surface area contributed by atoms with Gasteiger partial charge in [0.2, 0.25) is 5.95 Å². The Hall–Kier alpha value is -3.52. The largest absolute Gasteiger partial charge is 0.387 e. The highest BCUT2D eigenvalue weighted by atomic mass is 19.1. The molecule has 2 aliphatic rings. The summed E-state index contributed by atoms with van der Waals surface area (Å²) in [6, 6.07) is 12.3. The van der Waals surface area contributed by atoms with Gasteiger partial charge in [0.15, 0.2) is 11.5 Å². The average Bonchev–Trinajstić information content (AvgIpc) is 3.52. The molecule has 7 nitrogen and oxygen atoms in total. The average molecular weight is 462 g/mol. The molecule has 5 rings (SSSR count). The fraction of sp³-hybridized carbons (Fsp3) is 0.346. The van der Waals surface area contributed by atoms with Gasteiger partial charge in [-0.25, -0.2) is 9.98 Å². The van der Waals surface area contributed by atoms with E-state index in [0.717, 1.165) is 25.1 Å². The number of nitrogens with zero attached hydrogens (tertiary/aromatic N) is 4. The third-order valence-electron chi connectivity index (χ3n) is 6.82. The summed E-state index contributed by atoms with van der Waals surface area (Å²) in [6.45, 7) is 2.71. The highest BCUT2D eigenvalue weighted by molar-refractivity contribution is 6.09. The molecule has 3 heterocycles. The molecule has 0 spiro atoms. The molecule has 1 saturated carbocycles. The highest BCUT2D eigenvalue weighted by Crippen LogP contribution is 2.43. The molecule has 8 heteroatoms. The molecule has 2 aromatic heterocycles. The molecule has 1 amide bonds. The fourth-order valence-corrected chi connectivity index (χ4v) is 4.65. The number of hydrogen-bond acceptors (Lipinski definition) is 5. The van der Waals surface area contributed by atoms with Crippen LogP contribution in [0.1, 0.15) is 49.1 Å². The van der Waals surface area contributed by atoms with Gasteiger partial charge in [-0.05, 0) is 60.6 Å². The molecular weight excluding hydrogens is 433 g/mol. The first kappa shape index (κ1) is 22.3. The second-order valence-electron chi connectivity index (χ2n) is 9.14. The van der Waals surface area contributed by atoms with Gasteiger partial charge in [-0.1, -0.05) is 25.1 Å². The Labute approximate surface area is 197 Å². The van der Waals surface area contributed by atoms with Crippen LogP contribution in [0.3, 0.4) is 0 Å². The smallest absolute Gasteiger partial charge is 0.266 e. The maximum absolute atomic E-state index is 14.4. The predicted octanol–water partition coefficient (Wildman–Crippen LogP) is 3.57. The molecule has 2 atom stereocenters. The Bertz CT molecular complexity index is 1280. The van der Waals surface area contributed by atoms with Crippen LogP contribution < -0.4 is 5.73 Å². The van der Waals surface area contributed by atoms with E-state index in [4.69, 9.17) is 5.73 Å². The van der Waals surface area contributed by atoms with E-state index >= 15 is 0 Å². The summed E-state index contributed by atoms with van der Waals surface area (Å²) in [5.41, 5.74) is 7.61. The van der Waals surface area contributed by atoms with E-state index in [1.54, 1.807) is 43.4 Å². The van der Waals surface area contributed by atoms with Crippen molar-refractivity contribution in [2.75, 3.05) is 7.05 Å². The Kier molecular flexibility index (Phi) is 5.48. The summed E-state index contributed by atoms with van der Waals surface area (Å²) in [7, 11) is 1.59. The summed E-state index contributed by atoms with van der Waals surface area (Å²) in [5.74, 6) is -0.202. The number of carbonyl (C=O) groups excluding carboxylic acids is 1. The number of halogens is 1. The zero-order valence-corrected chi connectivity index (χ0v) is 19.3. The lowest BCUT2D eigenvalue weighted by molar-refractivity contribution is -0.129. The Morgan fingerprint density at radius 2 is 2.03 bits per heavy atom. The van der Waals surface area contributed by atoms with Gasteiger partial charge in [-0.3, -0.25) is 9.69 Å². The van der Waals surface area contributed by atoms with E-state index in [-0.39, 0.29) is 11.9 Å². The van der Waals surface area contributed by atoms with Gasteiger partial charge in [0.05, 0.1) is 6.10 Å². The van der Waals surface area contributed by atoms with Crippen molar-refractivity contribution in [1.82, 2.24) is 14.5 Å². The molecular formula is C26H28FN5O2. The van der Waals surface area contributed by atoms with E-state index in [2.05, 4.69) is 9.98 Å². The van der Waals surface area contributed by atoms with Crippen molar-refractivity contribution in [1.29, 1.82) is 0 Å². The minimum absolute atomic E-state index is 0.107. The summed E-state index contributed by atoms with van der Waals surface area (Å²) < 4.78 is 16.5. The van der Waals surface area contributed by atoms with E-state index in [0.29, 0.717) is 34.6 Å². The van der Waals surface area contributed by atoms with Crippen LogP contribution in [-0.4, -0.2) is 38.5 Å². The van der Waals surface area contributed by atoms with Crippen molar-refractivity contribution in [3.63, 3.8) is 0 Å². The van der Waals surface area contributed by atoms with Crippen molar-refractivity contribution in [3.05, 3.63) is 77.6 Å². The summed E-state index contributed by atoms with van der Waals surface area (Å²) in [6.07, 6.45) is 5.52. The van der Waals surface area contributed by atoms with Gasteiger partial charge in [0.1, 0.15) is 0 Å². The molecule has 176 valence electrons. The van der Waals surface area contributed by atoms with E-state index in [1.807, 2.05) is 23.8 Å². The number of guanidine groups is 1. The number of rotatable bonds is 7. The van der Waals surface area contributed by atoms with Crippen LogP contribution in [0.5, 0.6) is 0 Å². The van der Waals surface area contributed by atoms with Crippen molar-refractivity contribution >= 4 is 11.9 Å². The fourth-order valence-electron chi connectivity index (χ4n) is 4.65. The maximum Gasteiger partial charge on any atom is 0.266 e. The van der Waals surface area contributed by atoms with Crippen LogP contribution in [0.25, 0.3) is 11.1 Å². The lowest BCUT2D eigenvalue weighted by Crippen LogP contribution is -2.41. The molecule has 1 fully saturated rings. The van der Waals surface area contributed by atoms with Gasteiger partial charge in [0.25, 0.3) is 5.91 Å². The maximum atomic E-state index is 14.4. The van der Waals surface area contributed by atoms with Gasteiger partial charge >= 0.3 is 0 Å². The first-order valence-corrected chi connectivity index (χ1v) is 11.6. The number of carbonyl (C=O) groups is 1. The van der Waals surface area contributed by atoms with Gasteiger partial charge < -0.3 is 15.4 Å². The third kappa shape index (κ3) is 3.58. The monoisotopic (exact) mass is 461 g/mol. The van der Waals surface area contributed by atoms with Crippen LogP contribution in [0.15, 0.2) is 59.9 Å². The highest BCUT2D eigenvalue weighted by Gasteiger charge is 2.50.